The second-order valence-electron chi connectivity index (χ2n) is 15.6. The van der Waals surface area contributed by atoms with Gasteiger partial charge in [0.2, 0.25) is 0 Å². The van der Waals surface area contributed by atoms with Crippen molar-refractivity contribution in [1.29, 1.82) is 0 Å². The van der Waals surface area contributed by atoms with Crippen LogP contribution in [0.25, 0.3) is 0 Å². The number of aliphatic carboxylic acids is 1. The van der Waals surface area contributed by atoms with Gasteiger partial charge in [0, 0.05) is 6.42 Å². The second kappa shape index (κ2) is 11.1. The molecule has 1 N–H and O–H groups in total. The predicted octanol–water partition coefficient (Wildman–Crippen LogP) is 7.87. The van der Waals surface area contributed by atoms with E-state index in [1.54, 1.807) is 17.7 Å². The van der Waals surface area contributed by atoms with E-state index in [0.717, 1.165) is 44.1 Å². The third-order valence-corrected chi connectivity index (χ3v) is 15.1. The summed E-state index contributed by atoms with van der Waals surface area (Å²) in [7, 11) is -3.28. The predicted molar refractivity (Wildman–Crippen MR) is 166 cm³/mol. The summed E-state index contributed by atoms with van der Waals surface area (Å²) in [6, 6.07) is 7.23. The highest BCUT2D eigenvalue weighted by molar-refractivity contribution is 7.91. The molecule has 42 heavy (non-hydrogen) atoms. The van der Waals surface area contributed by atoms with Crippen LogP contribution in [0.3, 0.4) is 0 Å². The van der Waals surface area contributed by atoms with Crippen LogP contribution in [-0.2, 0) is 19.4 Å². The number of allylic oxidation sites excluding steroid dienone is 2. The molecule has 1 heterocycles. The van der Waals surface area contributed by atoms with Crippen LogP contribution < -0.4 is 0 Å². The summed E-state index contributed by atoms with van der Waals surface area (Å²) in [4.78, 5) is 11.8. The minimum Gasteiger partial charge on any atom is -0.481 e. The number of rotatable bonds is 8. The molecule has 0 bridgehead atoms. The first-order valence-corrected chi connectivity index (χ1v) is 18.3. The Balaban J connectivity index is 1.09. The quantitative estimate of drug-likeness (QED) is 0.309. The molecule has 5 nitrogen and oxygen atoms in total. The largest absolute Gasteiger partial charge is 0.481 e. The lowest BCUT2D eigenvalue weighted by molar-refractivity contribution is -0.138. The van der Waals surface area contributed by atoms with E-state index in [4.69, 9.17) is 4.74 Å². The Hall–Kier alpha value is -1.66. The summed E-state index contributed by atoms with van der Waals surface area (Å²) in [5.74, 6) is 3.14. The molecule has 4 fully saturated rings. The van der Waals surface area contributed by atoms with Gasteiger partial charge in [0.15, 0.2) is 9.84 Å². The fraction of sp³-hybridized carbons (Fsp3) is 0.750. The van der Waals surface area contributed by atoms with Crippen molar-refractivity contribution in [3.63, 3.8) is 0 Å². The van der Waals surface area contributed by atoms with Crippen molar-refractivity contribution in [2.45, 2.75) is 116 Å². The Bertz CT molecular complexity index is 1320. The van der Waals surface area contributed by atoms with E-state index >= 15 is 0 Å². The fourth-order valence-electron chi connectivity index (χ4n) is 10.9. The minimum absolute atomic E-state index is 0.0980. The van der Waals surface area contributed by atoms with Gasteiger partial charge in [-0.1, -0.05) is 57.0 Å². The van der Waals surface area contributed by atoms with Crippen molar-refractivity contribution in [2.75, 3.05) is 5.75 Å². The Morgan fingerprint density at radius 3 is 2.57 bits per heavy atom. The Morgan fingerprint density at radius 1 is 1.12 bits per heavy atom. The highest BCUT2D eigenvalue weighted by Crippen LogP contribution is 2.69. The van der Waals surface area contributed by atoms with Gasteiger partial charge in [-0.25, -0.2) is 8.42 Å². The van der Waals surface area contributed by atoms with Crippen LogP contribution in [0.15, 0.2) is 40.8 Å². The van der Waals surface area contributed by atoms with Crippen molar-refractivity contribution in [3.8, 4) is 0 Å². The van der Waals surface area contributed by atoms with Crippen LogP contribution in [0, 0.1) is 59.2 Å². The van der Waals surface area contributed by atoms with Crippen LogP contribution in [-0.4, -0.2) is 37.5 Å². The Kier molecular flexibility index (Phi) is 7.99. The number of carboxylic acids is 1. The molecule has 3 saturated carbocycles. The lowest BCUT2D eigenvalue weighted by Gasteiger charge is -2.58. The molecule has 232 valence electrons. The van der Waals surface area contributed by atoms with E-state index in [9.17, 15) is 18.3 Å². The van der Waals surface area contributed by atoms with Gasteiger partial charge in [-0.15, -0.1) is 0 Å². The highest BCUT2D eigenvalue weighted by atomic mass is 32.2. The average Bonchev–Trinajstić information content (AvgIpc) is 3.40. The standard InChI is InChI=1S/C36H52O5S/c1-22-6-10-27(11-7-22)42(39,40)21-23(2)8-13-31-24(3)34-32(41-31)20-30-28-12-9-26-18-25(19-33(37)38)14-16-35(26,4)29(28)15-17-36(30,34)5/h6-7,9-11,23-25,28-32,34H,8,12-21H2,1-5H3,(H,37,38)/t23?,24-,25?,28-,29+,30+,31-,32+,34+,35+,36+/m1/s1. The zero-order chi connectivity index (χ0) is 30.0. The first-order valence-electron chi connectivity index (χ1n) is 16.7. The number of benzene rings is 1. The van der Waals surface area contributed by atoms with E-state index in [2.05, 4.69) is 33.8 Å². The van der Waals surface area contributed by atoms with Gasteiger partial charge >= 0.3 is 5.97 Å². The Morgan fingerprint density at radius 2 is 1.86 bits per heavy atom. The van der Waals surface area contributed by atoms with Gasteiger partial charge in [0.25, 0.3) is 0 Å². The SMILES string of the molecule is Cc1ccc(S(=O)(=O)CC(C)CC[C@H]2O[C@H]3C[C@H]4[C@@H]5CC=C6CC(CC(=O)O)CC[C@]6(C)[C@H]5CC[C@]4(C)[C@H]3[C@@H]2C)cc1. The third-order valence-electron chi connectivity index (χ3n) is 13.1. The normalized spacial score (nSPS) is 41.7. The maximum Gasteiger partial charge on any atom is 0.303 e. The number of ether oxygens (including phenoxy) is 1. The smallest absolute Gasteiger partial charge is 0.303 e. The number of aryl methyl sites for hydroxylation is 1. The van der Waals surface area contributed by atoms with Crippen molar-refractivity contribution in [3.05, 3.63) is 41.5 Å². The van der Waals surface area contributed by atoms with Crippen LogP contribution in [0.4, 0.5) is 0 Å². The molecule has 2 unspecified atom stereocenters. The highest BCUT2D eigenvalue weighted by Gasteiger charge is 2.64. The van der Waals surface area contributed by atoms with Crippen LogP contribution in [0.5, 0.6) is 0 Å². The summed E-state index contributed by atoms with van der Waals surface area (Å²) in [6.45, 7) is 11.5. The molecule has 1 saturated heterocycles. The van der Waals surface area contributed by atoms with Crippen molar-refractivity contribution in [2.24, 2.45) is 52.3 Å². The number of carbonyl (C=O) groups is 1. The molecule has 6 rings (SSSR count). The van der Waals surface area contributed by atoms with E-state index in [0.29, 0.717) is 58.3 Å². The van der Waals surface area contributed by atoms with Gasteiger partial charge in [-0.2, -0.15) is 0 Å². The number of sulfone groups is 1. The number of hydrogen-bond acceptors (Lipinski definition) is 4. The van der Waals surface area contributed by atoms with Gasteiger partial charge in [-0.3, -0.25) is 4.79 Å². The molecule has 1 aliphatic heterocycles. The Labute approximate surface area is 253 Å². The molecule has 1 aromatic rings. The summed E-state index contributed by atoms with van der Waals surface area (Å²) in [5, 5.41) is 9.36. The van der Waals surface area contributed by atoms with E-state index in [-0.39, 0.29) is 23.2 Å². The van der Waals surface area contributed by atoms with Crippen LogP contribution in [0.2, 0.25) is 0 Å². The molecule has 0 amide bonds. The van der Waals surface area contributed by atoms with Gasteiger partial charge in [0.05, 0.1) is 22.9 Å². The second-order valence-corrected chi connectivity index (χ2v) is 17.7. The number of hydrogen-bond donors (Lipinski definition) is 1. The average molecular weight is 597 g/mol. The molecule has 0 aromatic heterocycles. The zero-order valence-corrected chi connectivity index (χ0v) is 27.2. The van der Waals surface area contributed by atoms with Gasteiger partial charge in [-0.05, 0) is 129 Å². The molecule has 4 aliphatic carbocycles. The molecule has 6 heteroatoms. The van der Waals surface area contributed by atoms with Crippen molar-refractivity contribution in [1.82, 2.24) is 0 Å². The van der Waals surface area contributed by atoms with E-state index < -0.39 is 15.8 Å². The van der Waals surface area contributed by atoms with Gasteiger partial charge < -0.3 is 9.84 Å². The topological polar surface area (TPSA) is 80.7 Å². The molecule has 5 aliphatic rings. The first kappa shape index (κ1) is 30.4. The lowest BCUT2D eigenvalue weighted by atomic mass is 9.46. The van der Waals surface area contributed by atoms with Crippen molar-refractivity contribution < 1.29 is 23.1 Å². The van der Waals surface area contributed by atoms with Crippen LogP contribution >= 0.6 is 0 Å². The number of fused-ring (bicyclic) bond motifs is 7. The summed E-state index contributed by atoms with van der Waals surface area (Å²) in [6.07, 6.45) is 13.2. The molecule has 0 spiro atoms. The molecular weight excluding hydrogens is 544 g/mol. The first-order chi connectivity index (χ1) is 19.8. The van der Waals surface area contributed by atoms with Gasteiger partial charge in [0.1, 0.15) is 0 Å². The monoisotopic (exact) mass is 596 g/mol. The van der Waals surface area contributed by atoms with E-state index in [1.165, 1.54) is 19.3 Å². The summed E-state index contributed by atoms with van der Waals surface area (Å²) >= 11 is 0. The fourth-order valence-corrected chi connectivity index (χ4v) is 12.6. The summed E-state index contributed by atoms with van der Waals surface area (Å²) in [5.41, 5.74) is 3.18. The van der Waals surface area contributed by atoms with Crippen LogP contribution in [0.1, 0.15) is 97.5 Å². The third kappa shape index (κ3) is 5.21. The molecule has 0 radical (unpaired) electrons. The van der Waals surface area contributed by atoms with E-state index in [1.807, 2.05) is 19.1 Å². The molecular formula is C36H52O5S. The van der Waals surface area contributed by atoms with Crippen molar-refractivity contribution >= 4 is 15.8 Å². The molecule has 11 atom stereocenters. The maximum absolute atomic E-state index is 13.0. The maximum atomic E-state index is 13.0. The number of carboxylic acid groups (broad SMARTS) is 1. The summed E-state index contributed by atoms with van der Waals surface area (Å²) < 4.78 is 32.9. The zero-order valence-electron chi connectivity index (χ0n) is 26.3. The minimum atomic E-state index is -3.28. The lowest BCUT2D eigenvalue weighted by Crippen LogP contribution is -2.50. The molecule has 1 aromatic carbocycles.